The summed E-state index contributed by atoms with van der Waals surface area (Å²) in [4.78, 5) is 13.7. The van der Waals surface area contributed by atoms with Crippen LogP contribution in [0.1, 0.15) is 0 Å². The van der Waals surface area contributed by atoms with Gasteiger partial charge in [-0.2, -0.15) is 0 Å². The molecule has 5 heteroatoms. The molecule has 0 spiro atoms. The van der Waals surface area contributed by atoms with Crippen LogP contribution in [0.5, 0.6) is 5.75 Å². The van der Waals surface area contributed by atoms with E-state index in [1.54, 1.807) is 12.1 Å². The maximum Gasteiger partial charge on any atom is 0.267 e. The van der Waals surface area contributed by atoms with Gasteiger partial charge in [0.1, 0.15) is 15.4 Å². The lowest BCUT2D eigenvalue weighted by Crippen LogP contribution is -2.07. The van der Waals surface area contributed by atoms with Crippen molar-refractivity contribution in [1.82, 2.24) is 4.98 Å². The molecule has 1 aromatic carbocycles. The molecular formula is C11H7BrClNO2. The average molecular weight is 301 g/mol. The van der Waals surface area contributed by atoms with Crippen molar-refractivity contribution in [1.29, 1.82) is 0 Å². The minimum absolute atomic E-state index is 0.0794. The highest BCUT2D eigenvalue weighted by molar-refractivity contribution is 9.10. The summed E-state index contributed by atoms with van der Waals surface area (Å²) in [6.07, 6.45) is 0. The first kappa shape index (κ1) is 11.2. The maximum absolute atomic E-state index is 11.3. The van der Waals surface area contributed by atoms with Crippen molar-refractivity contribution in [2.75, 3.05) is 0 Å². The Hall–Kier alpha value is -1.26. The van der Waals surface area contributed by atoms with Gasteiger partial charge in [-0.05, 0) is 21.5 Å². The van der Waals surface area contributed by atoms with Crippen LogP contribution < -0.4 is 5.56 Å². The fourth-order valence-corrected chi connectivity index (χ4v) is 1.99. The number of halogens is 2. The normalized spacial score (nSPS) is 10.4. The Kier molecular flexibility index (Phi) is 3.03. The molecule has 16 heavy (non-hydrogen) atoms. The molecule has 1 heterocycles. The number of rotatable bonds is 1. The van der Waals surface area contributed by atoms with Gasteiger partial charge in [-0.1, -0.05) is 41.9 Å². The molecule has 0 atom stereocenters. The molecule has 2 N–H and O–H groups in total. The lowest BCUT2D eigenvalue weighted by Gasteiger charge is -2.07. The van der Waals surface area contributed by atoms with Crippen molar-refractivity contribution < 1.29 is 5.11 Å². The molecule has 0 radical (unpaired) electrons. The lowest BCUT2D eigenvalue weighted by molar-refractivity contribution is 0.472. The SMILES string of the molecule is O=c1[nH]c(Cl)c(-c2ccccc2)c(O)c1Br. The standard InChI is InChI=1S/C11H7BrClNO2/c12-8-9(15)7(10(13)14-11(8)16)6-4-2-1-3-5-6/h1-5H,(H2,14,15,16). The molecule has 0 aliphatic carbocycles. The molecule has 0 saturated heterocycles. The quantitative estimate of drug-likeness (QED) is 0.795. The molecule has 0 aliphatic rings. The van der Waals surface area contributed by atoms with Crippen LogP contribution in [0.4, 0.5) is 0 Å². The molecule has 0 bridgehead atoms. The van der Waals surface area contributed by atoms with Gasteiger partial charge in [0.05, 0.1) is 5.56 Å². The Bertz CT molecular complexity index is 581. The van der Waals surface area contributed by atoms with Crippen LogP contribution in [0.15, 0.2) is 39.6 Å². The Morgan fingerprint density at radius 2 is 1.88 bits per heavy atom. The van der Waals surface area contributed by atoms with Gasteiger partial charge >= 0.3 is 0 Å². The highest BCUT2D eigenvalue weighted by atomic mass is 79.9. The lowest BCUT2D eigenvalue weighted by atomic mass is 10.1. The third-order valence-electron chi connectivity index (χ3n) is 2.15. The van der Waals surface area contributed by atoms with Gasteiger partial charge in [0.25, 0.3) is 5.56 Å². The van der Waals surface area contributed by atoms with Crippen LogP contribution in [0.3, 0.4) is 0 Å². The van der Waals surface area contributed by atoms with Crippen LogP contribution >= 0.6 is 27.5 Å². The maximum atomic E-state index is 11.3. The Balaban J connectivity index is 2.76. The number of pyridine rings is 1. The fourth-order valence-electron chi connectivity index (χ4n) is 1.41. The molecule has 0 aliphatic heterocycles. The van der Waals surface area contributed by atoms with Crippen LogP contribution in [-0.2, 0) is 0 Å². The van der Waals surface area contributed by atoms with Gasteiger partial charge in [-0.15, -0.1) is 0 Å². The summed E-state index contributed by atoms with van der Waals surface area (Å²) in [5.74, 6) is -0.153. The summed E-state index contributed by atoms with van der Waals surface area (Å²) in [6.45, 7) is 0. The molecule has 3 nitrogen and oxygen atoms in total. The summed E-state index contributed by atoms with van der Waals surface area (Å²) in [5, 5.41) is 9.98. The Morgan fingerprint density at radius 1 is 1.25 bits per heavy atom. The van der Waals surface area contributed by atoms with E-state index < -0.39 is 5.56 Å². The van der Waals surface area contributed by atoms with Gasteiger partial charge in [0.15, 0.2) is 0 Å². The van der Waals surface area contributed by atoms with E-state index in [-0.39, 0.29) is 15.4 Å². The van der Waals surface area contributed by atoms with Crippen molar-refractivity contribution in [2.45, 2.75) is 0 Å². The van der Waals surface area contributed by atoms with Gasteiger partial charge in [-0.3, -0.25) is 4.79 Å². The number of hydrogen-bond acceptors (Lipinski definition) is 2. The van der Waals surface area contributed by atoms with Crippen molar-refractivity contribution in [2.24, 2.45) is 0 Å². The Morgan fingerprint density at radius 3 is 2.50 bits per heavy atom. The zero-order chi connectivity index (χ0) is 11.7. The topological polar surface area (TPSA) is 53.1 Å². The van der Waals surface area contributed by atoms with Gasteiger partial charge in [-0.25, -0.2) is 0 Å². The zero-order valence-corrected chi connectivity index (χ0v) is 10.3. The number of hydrogen-bond donors (Lipinski definition) is 2. The molecule has 0 amide bonds. The highest BCUT2D eigenvalue weighted by Crippen LogP contribution is 2.37. The first-order chi connectivity index (χ1) is 7.61. The minimum atomic E-state index is -0.456. The number of H-pyrrole nitrogens is 1. The van der Waals surface area contributed by atoms with Crippen molar-refractivity contribution in [3.8, 4) is 16.9 Å². The zero-order valence-electron chi connectivity index (χ0n) is 8.00. The fraction of sp³-hybridized carbons (Fsp3) is 0. The first-order valence-corrected chi connectivity index (χ1v) is 5.64. The molecule has 0 saturated carbocycles. The summed E-state index contributed by atoms with van der Waals surface area (Å²) < 4.78 is 0.0794. The third kappa shape index (κ3) is 1.86. The largest absolute Gasteiger partial charge is 0.506 e. The van der Waals surface area contributed by atoms with E-state index in [1.165, 1.54) is 0 Å². The van der Waals surface area contributed by atoms with Crippen molar-refractivity contribution in [3.05, 3.63) is 50.3 Å². The molecule has 82 valence electrons. The Labute approximate surface area is 105 Å². The van der Waals surface area contributed by atoms with E-state index in [2.05, 4.69) is 20.9 Å². The molecular weight excluding hydrogens is 293 g/mol. The summed E-state index contributed by atoms with van der Waals surface area (Å²) >= 11 is 8.91. The van der Waals surface area contributed by atoms with E-state index >= 15 is 0 Å². The molecule has 0 unspecified atom stereocenters. The minimum Gasteiger partial charge on any atom is -0.506 e. The second kappa shape index (κ2) is 4.31. The first-order valence-electron chi connectivity index (χ1n) is 4.47. The van der Waals surface area contributed by atoms with Crippen LogP contribution in [0.2, 0.25) is 5.15 Å². The predicted molar refractivity (Wildman–Crippen MR) is 66.9 cm³/mol. The smallest absolute Gasteiger partial charge is 0.267 e. The van der Waals surface area contributed by atoms with Crippen molar-refractivity contribution in [3.63, 3.8) is 0 Å². The number of benzene rings is 1. The van der Waals surface area contributed by atoms with E-state index in [0.717, 1.165) is 5.56 Å². The van der Waals surface area contributed by atoms with Crippen molar-refractivity contribution >= 4 is 27.5 Å². The van der Waals surface area contributed by atoms with Gasteiger partial charge in [0, 0.05) is 0 Å². The van der Waals surface area contributed by atoms with E-state index in [4.69, 9.17) is 11.6 Å². The van der Waals surface area contributed by atoms with E-state index in [0.29, 0.717) is 5.56 Å². The number of nitrogens with one attached hydrogen (secondary N) is 1. The summed E-state index contributed by atoms with van der Waals surface area (Å²) in [6, 6.07) is 9.10. The van der Waals surface area contributed by atoms with Crippen LogP contribution in [-0.4, -0.2) is 10.1 Å². The predicted octanol–water partition coefficient (Wildman–Crippen LogP) is 3.16. The monoisotopic (exact) mass is 299 g/mol. The summed E-state index contributed by atoms with van der Waals surface area (Å²) in [7, 11) is 0. The van der Waals surface area contributed by atoms with Gasteiger partial charge in [0.2, 0.25) is 0 Å². The second-order valence-electron chi connectivity index (χ2n) is 3.17. The van der Waals surface area contributed by atoms with E-state index in [9.17, 15) is 9.90 Å². The summed E-state index contributed by atoms with van der Waals surface area (Å²) in [5.41, 5.74) is 0.692. The highest BCUT2D eigenvalue weighted by Gasteiger charge is 2.15. The molecule has 2 rings (SSSR count). The van der Waals surface area contributed by atoms with Crippen LogP contribution in [0, 0.1) is 0 Å². The number of aromatic nitrogens is 1. The number of aromatic hydroxyl groups is 1. The van der Waals surface area contributed by atoms with Gasteiger partial charge < -0.3 is 10.1 Å². The van der Waals surface area contributed by atoms with E-state index in [1.807, 2.05) is 18.2 Å². The molecule has 0 fully saturated rings. The van der Waals surface area contributed by atoms with Crippen LogP contribution in [0.25, 0.3) is 11.1 Å². The third-order valence-corrected chi connectivity index (χ3v) is 3.17. The molecule has 2 aromatic rings. The second-order valence-corrected chi connectivity index (χ2v) is 4.34. The molecule has 1 aromatic heterocycles. The average Bonchev–Trinajstić information content (AvgIpc) is 2.28. The number of aromatic amines is 1.